The molecule has 0 spiro atoms. The first-order valence-corrected chi connectivity index (χ1v) is 13.7. The molecule has 0 bridgehead atoms. The molecule has 5 rings (SSSR count). The minimum absolute atomic E-state index is 0.209. The fourth-order valence-electron chi connectivity index (χ4n) is 5.24. The van der Waals surface area contributed by atoms with Crippen molar-refractivity contribution in [2.75, 3.05) is 0 Å². The predicted octanol–water partition coefficient (Wildman–Crippen LogP) is 6.91. The van der Waals surface area contributed by atoms with E-state index in [1.165, 1.54) is 10.4 Å². The summed E-state index contributed by atoms with van der Waals surface area (Å²) < 4.78 is 7.90. The number of hydrogen-bond acceptors (Lipinski definition) is 4. The van der Waals surface area contributed by atoms with Crippen molar-refractivity contribution >= 4 is 27.5 Å². The lowest BCUT2D eigenvalue weighted by Crippen LogP contribution is -2.34. The number of aromatic nitrogens is 1. The monoisotopic (exact) mass is 515 g/mol. The van der Waals surface area contributed by atoms with Crippen LogP contribution >= 0.6 is 11.3 Å². The molecular weight excluding hydrogens is 482 g/mol. The first-order valence-electron chi connectivity index (χ1n) is 12.9. The van der Waals surface area contributed by atoms with E-state index >= 15 is 0 Å². The lowest BCUT2D eigenvalue weighted by molar-refractivity contribution is -0.160. The van der Waals surface area contributed by atoms with Crippen LogP contribution in [0.25, 0.3) is 21.3 Å². The summed E-state index contributed by atoms with van der Waals surface area (Å²) in [5.41, 5.74) is 4.06. The van der Waals surface area contributed by atoms with Gasteiger partial charge in [0, 0.05) is 15.8 Å². The van der Waals surface area contributed by atoms with Crippen molar-refractivity contribution in [2.45, 2.75) is 71.6 Å². The Morgan fingerprint density at radius 3 is 2.38 bits per heavy atom. The van der Waals surface area contributed by atoms with Gasteiger partial charge in [-0.25, -0.2) is 4.79 Å². The van der Waals surface area contributed by atoms with Crippen LogP contribution in [0.2, 0.25) is 0 Å². The minimum atomic E-state index is -1.39. The molecule has 37 heavy (non-hydrogen) atoms. The standard InChI is InChI=1S/C31H33NO4S/c1-19-14-16-21(17-15-19)24-25-22-12-8-9-13-23(22)37-29(25)32(18-20-10-6-5-7-11-20)28(33)26(24)27(30(34)35)36-31(2,3)4/h5-7,10-11,14-17,27H,8-9,12-13,18H2,1-4H3,(H,34,35). The molecule has 2 aromatic heterocycles. The summed E-state index contributed by atoms with van der Waals surface area (Å²) in [4.78, 5) is 29.4. The summed E-state index contributed by atoms with van der Waals surface area (Å²) in [6.07, 6.45) is 2.72. The summed E-state index contributed by atoms with van der Waals surface area (Å²) in [5, 5.41) is 11.4. The number of benzene rings is 2. The van der Waals surface area contributed by atoms with Crippen LogP contribution in [0, 0.1) is 6.92 Å². The summed E-state index contributed by atoms with van der Waals surface area (Å²) in [6.45, 7) is 7.86. The minimum Gasteiger partial charge on any atom is -0.479 e. The molecule has 2 aromatic carbocycles. The zero-order chi connectivity index (χ0) is 26.3. The van der Waals surface area contributed by atoms with Crippen molar-refractivity contribution in [3.63, 3.8) is 0 Å². The van der Waals surface area contributed by atoms with Gasteiger partial charge in [-0.05, 0) is 70.1 Å². The van der Waals surface area contributed by atoms with Crippen molar-refractivity contribution in [1.29, 1.82) is 0 Å². The second-order valence-corrected chi connectivity index (χ2v) is 12.0. The molecule has 2 heterocycles. The zero-order valence-electron chi connectivity index (χ0n) is 21.8. The fourth-order valence-corrected chi connectivity index (χ4v) is 6.63. The Morgan fingerprint density at radius 1 is 1.05 bits per heavy atom. The topological polar surface area (TPSA) is 68.5 Å². The molecule has 5 nitrogen and oxygen atoms in total. The van der Waals surface area contributed by atoms with Gasteiger partial charge in [-0.15, -0.1) is 11.3 Å². The lowest BCUT2D eigenvalue weighted by atomic mass is 9.88. The van der Waals surface area contributed by atoms with Gasteiger partial charge in [0.05, 0.1) is 17.7 Å². The van der Waals surface area contributed by atoms with Crippen molar-refractivity contribution in [2.24, 2.45) is 0 Å². The predicted molar refractivity (Wildman–Crippen MR) is 150 cm³/mol. The molecule has 0 aliphatic heterocycles. The number of aryl methyl sites for hydroxylation is 3. The van der Waals surface area contributed by atoms with Crippen molar-refractivity contribution < 1.29 is 14.6 Å². The van der Waals surface area contributed by atoms with Gasteiger partial charge in [0.25, 0.3) is 5.56 Å². The van der Waals surface area contributed by atoms with Crippen molar-refractivity contribution in [1.82, 2.24) is 4.57 Å². The molecule has 1 atom stereocenters. The highest BCUT2D eigenvalue weighted by Gasteiger charge is 2.35. The van der Waals surface area contributed by atoms with Crippen LogP contribution < -0.4 is 5.56 Å². The van der Waals surface area contributed by atoms with Crippen LogP contribution in [-0.4, -0.2) is 21.2 Å². The Bertz CT molecular complexity index is 1510. The summed E-state index contributed by atoms with van der Waals surface area (Å²) >= 11 is 1.69. The number of fused-ring (bicyclic) bond motifs is 3. The van der Waals surface area contributed by atoms with Crippen LogP contribution in [0.3, 0.4) is 0 Å². The van der Waals surface area contributed by atoms with Gasteiger partial charge in [0.15, 0.2) is 6.10 Å². The molecule has 1 N–H and O–H groups in total. The average Bonchev–Trinajstić information content (AvgIpc) is 3.24. The van der Waals surface area contributed by atoms with Gasteiger partial charge in [-0.2, -0.15) is 0 Å². The molecule has 0 fully saturated rings. The largest absolute Gasteiger partial charge is 0.479 e. The number of nitrogens with zero attached hydrogens (tertiary/aromatic N) is 1. The van der Waals surface area contributed by atoms with E-state index in [1.807, 2.05) is 82.3 Å². The van der Waals surface area contributed by atoms with Gasteiger partial charge in [0.2, 0.25) is 0 Å². The molecule has 1 aliphatic carbocycles. The van der Waals surface area contributed by atoms with E-state index in [9.17, 15) is 14.7 Å². The second kappa shape index (κ2) is 9.92. The zero-order valence-corrected chi connectivity index (χ0v) is 22.7. The van der Waals surface area contributed by atoms with E-state index < -0.39 is 17.7 Å². The molecule has 0 saturated carbocycles. The van der Waals surface area contributed by atoms with Crippen LogP contribution in [-0.2, 0) is 28.9 Å². The maximum absolute atomic E-state index is 14.4. The highest BCUT2D eigenvalue weighted by atomic mass is 32.1. The highest BCUT2D eigenvalue weighted by molar-refractivity contribution is 7.19. The van der Waals surface area contributed by atoms with E-state index in [0.717, 1.165) is 52.6 Å². The Balaban J connectivity index is 1.91. The number of carbonyl (C=O) groups is 1. The highest BCUT2D eigenvalue weighted by Crippen LogP contribution is 2.44. The summed E-state index contributed by atoms with van der Waals surface area (Å²) in [6, 6.07) is 17.9. The fraction of sp³-hybridized carbons (Fsp3) is 0.355. The average molecular weight is 516 g/mol. The number of rotatable bonds is 6. The van der Waals surface area contributed by atoms with Crippen LogP contribution in [0.1, 0.15) is 66.8 Å². The Morgan fingerprint density at radius 2 is 1.73 bits per heavy atom. The van der Waals surface area contributed by atoms with E-state index in [-0.39, 0.29) is 11.1 Å². The summed E-state index contributed by atoms with van der Waals surface area (Å²) in [7, 11) is 0. The first-order chi connectivity index (χ1) is 17.6. The Hall–Kier alpha value is -3.22. The van der Waals surface area contributed by atoms with E-state index in [0.29, 0.717) is 12.1 Å². The normalized spacial score (nSPS) is 14.5. The number of carboxylic acid groups (broad SMARTS) is 1. The number of hydrogen-bond donors (Lipinski definition) is 1. The van der Waals surface area contributed by atoms with Gasteiger partial charge in [-0.1, -0.05) is 60.2 Å². The first kappa shape index (κ1) is 25.4. The molecule has 4 aromatic rings. The number of thiophene rings is 1. The van der Waals surface area contributed by atoms with E-state index in [1.54, 1.807) is 15.9 Å². The Kier molecular flexibility index (Phi) is 6.82. The smallest absolute Gasteiger partial charge is 0.337 e. The second-order valence-electron chi connectivity index (χ2n) is 10.9. The van der Waals surface area contributed by atoms with Crippen molar-refractivity contribution in [3.8, 4) is 11.1 Å². The van der Waals surface area contributed by atoms with Crippen LogP contribution in [0.4, 0.5) is 0 Å². The van der Waals surface area contributed by atoms with Gasteiger partial charge < -0.3 is 9.84 Å². The number of pyridine rings is 1. The lowest BCUT2D eigenvalue weighted by Gasteiger charge is -2.27. The molecule has 0 radical (unpaired) electrons. The number of ether oxygens (including phenoxy) is 1. The van der Waals surface area contributed by atoms with Gasteiger partial charge >= 0.3 is 5.97 Å². The molecule has 6 heteroatoms. The van der Waals surface area contributed by atoms with Crippen molar-refractivity contribution in [3.05, 3.63) is 92.1 Å². The molecular formula is C31H33NO4S. The number of aliphatic carboxylic acids is 1. The maximum atomic E-state index is 14.4. The van der Waals surface area contributed by atoms with Crippen LogP contribution in [0.5, 0.6) is 0 Å². The quantitative estimate of drug-likeness (QED) is 0.303. The summed E-state index contributed by atoms with van der Waals surface area (Å²) in [5.74, 6) is -1.16. The Labute approximate surface area is 221 Å². The SMILES string of the molecule is Cc1ccc(-c2c(C(OC(C)(C)C)C(=O)O)c(=O)n(Cc3ccccc3)c3sc4c(c23)CCCC4)cc1. The van der Waals surface area contributed by atoms with Crippen LogP contribution in [0.15, 0.2) is 59.4 Å². The maximum Gasteiger partial charge on any atom is 0.337 e. The van der Waals surface area contributed by atoms with E-state index in [2.05, 4.69) is 0 Å². The third-order valence-corrected chi connectivity index (χ3v) is 8.19. The van der Waals surface area contributed by atoms with E-state index in [4.69, 9.17) is 4.74 Å². The van der Waals surface area contributed by atoms with Gasteiger partial charge in [-0.3, -0.25) is 9.36 Å². The molecule has 0 saturated heterocycles. The molecule has 0 amide bonds. The number of carboxylic acids is 1. The molecule has 1 unspecified atom stereocenters. The molecule has 192 valence electrons. The molecule has 1 aliphatic rings. The third-order valence-electron chi connectivity index (χ3n) is 6.87. The third kappa shape index (κ3) is 5.00. The van der Waals surface area contributed by atoms with Gasteiger partial charge in [0.1, 0.15) is 4.83 Å².